The Morgan fingerprint density at radius 2 is 1.77 bits per heavy atom. The second-order valence-corrected chi connectivity index (χ2v) is 8.85. The van der Waals surface area contributed by atoms with Gasteiger partial charge < -0.3 is 9.84 Å². The standard InChI is InChI=1S/C26H26FNO3/c1-17-12-22(25(2,3)30)24(28-14-17)19-6-8-20(9-7-19)26(15-31-16-26)23(29)13-18-4-10-21(27)11-5-18/h4-12,14,30H,13,15-16H2,1-3H3. The minimum atomic E-state index is -1.03. The van der Waals surface area contributed by atoms with E-state index in [0.29, 0.717) is 13.2 Å². The molecule has 1 aromatic heterocycles. The van der Waals surface area contributed by atoms with Gasteiger partial charge in [-0.1, -0.05) is 36.4 Å². The first kappa shape index (κ1) is 21.3. The van der Waals surface area contributed by atoms with E-state index in [1.54, 1.807) is 32.2 Å². The predicted molar refractivity (Wildman–Crippen MR) is 117 cm³/mol. The molecule has 0 radical (unpaired) electrons. The van der Waals surface area contributed by atoms with Gasteiger partial charge in [0, 0.05) is 23.7 Å². The summed E-state index contributed by atoms with van der Waals surface area (Å²) in [5.41, 5.74) is 3.31. The number of ketones is 1. The highest BCUT2D eigenvalue weighted by molar-refractivity contribution is 5.93. The summed E-state index contributed by atoms with van der Waals surface area (Å²) < 4.78 is 18.6. The van der Waals surface area contributed by atoms with Crippen LogP contribution in [0.4, 0.5) is 4.39 Å². The summed E-state index contributed by atoms with van der Waals surface area (Å²) in [5, 5.41) is 10.6. The van der Waals surface area contributed by atoms with Gasteiger partial charge in [0.1, 0.15) is 11.2 Å². The lowest BCUT2D eigenvalue weighted by molar-refractivity contribution is -0.142. The van der Waals surface area contributed by atoms with E-state index >= 15 is 0 Å². The number of nitrogens with zero attached hydrogens (tertiary/aromatic N) is 1. The van der Waals surface area contributed by atoms with E-state index < -0.39 is 11.0 Å². The van der Waals surface area contributed by atoms with Gasteiger partial charge in [-0.3, -0.25) is 9.78 Å². The molecule has 0 unspecified atom stereocenters. The number of pyridine rings is 1. The maximum Gasteiger partial charge on any atom is 0.152 e. The number of carbonyl (C=O) groups is 1. The van der Waals surface area contributed by atoms with E-state index in [9.17, 15) is 14.3 Å². The third-order valence-corrected chi connectivity index (χ3v) is 5.90. The van der Waals surface area contributed by atoms with Crippen molar-refractivity contribution in [2.24, 2.45) is 0 Å². The normalized spacial score (nSPS) is 15.4. The highest BCUT2D eigenvalue weighted by Gasteiger charge is 2.46. The fourth-order valence-electron chi connectivity index (χ4n) is 3.96. The summed E-state index contributed by atoms with van der Waals surface area (Å²) in [6, 6.07) is 15.7. The van der Waals surface area contributed by atoms with E-state index in [0.717, 1.165) is 33.5 Å². The lowest BCUT2D eigenvalue weighted by Crippen LogP contribution is -2.53. The minimum Gasteiger partial charge on any atom is -0.386 e. The zero-order valence-corrected chi connectivity index (χ0v) is 18.0. The van der Waals surface area contributed by atoms with Gasteiger partial charge in [-0.2, -0.15) is 0 Å². The van der Waals surface area contributed by atoms with E-state index in [4.69, 9.17) is 4.74 Å². The van der Waals surface area contributed by atoms with Crippen LogP contribution in [0.1, 0.15) is 36.1 Å². The van der Waals surface area contributed by atoms with Crippen LogP contribution in [0.5, 0.6) is 0 Å². The first-order valence-corrected chi connectivity index (χ1v) is 10.3. The highest BCUT2D eigenvalue weighted by Crippen LogP contribution is 2.37. The van der Waals surface area contributed by atoms with Gasteiger partial charge in [0.05, 0.1) is 24.5 Å². The number of hydrogen-bond donors (Lipinski definition) is 1. The molecule has 0 bridgehead atoms. The number of carbonyl (C=O) groups excluding carboxylic acids is 1. The first-order chi connectivity index (χ1) is 14.7. The van der Waals surface area contributed by atoms with Gasteiger partial charge in [-0.05, 0) is 55.7 Å². The molecule has 2 aromatic carbocycles. The average molecular weight is 419 g/mol. The summed E-state index contributed by atoms with van der Waals surface area (Å²) in [4.78, 5) is 17.7. The van der Waals surface area contributed by atoms with Crippen molar-refractivity contribution in [2.45, 2.75) is 38.2 Å². The molecule has 1 saturated heterocycles. The Morgan fingerprint density at radius 3 is 2.32 bits per heavy atom. The molecule has 1 aliphatic heterocycles. The third-order valence-electron chi connectivity index (χ3n) is 5.90. The highest BCUT2D eigenvalue weighted by atomic mass is 19.1. The van der Waals surface area contributed by atoms with Crippen LogP contribution in [0.2, 0.25) is 0 Å². The van der Waals surface area contributed by atoms with Gasteiger partial charge in [0.15, 0.2) is 5.78 Å². The molecular formula is C26H26FNO3. The maximum absolute atomic E-state index is 13.2. The van der Waals surface area contributed by atoms with Crippen LogP contribution in [0.3, 0.4) is 0 Å². The molecule has 4 rings (SSSR count). The van der Waals surface area contributed by atoms with Crippen LogP contribution < -0.4 is 0 Å². The van der Waals surface area contributed by atoms with Crippen LogP contribution in [-0.4, -0.2) is 29.1 Å². The zero-order chi connectivity index (χ0) is 22.2. The van der Waals surface area contributed by atoms with Crippen molar-refractivity contribution in [3.8, 4) is 11.3 Å². The second-order valence-electron chi connectivity index (χ2n) is 8.85. The van der Waals surface area contributed by atoms with E-state index in [-0.39, 0.29) is 18.0 Å². The van der Waals surface area contributed by atoms with Crippen molar-refractivity contribution in [2.75, 3.05) is 13.2 Å². The number of aromatic nitrogens is 1. The van der Waals surface area contributed by atoms with Crippen LogP contribution in [0.25, 0.3) is 11.3 Å². The predicted octanol–water partition coefficient (Wildman–Crippen LogP) is 4.50. The van der Waals surface area contributed by atoms with Crippen molar-refractivity contribution in [3.05, 3.63) is 88.9 Å². The number of Topliss-reactive ketones (excluding diaryl/α,β-unsaturated/α-hetero) is 1. The number of benzene rings is 2. The molecule has 0 spiro atoms. The third kappa shape index (κ3) is 4.16. The quantitative estimate of drug-likeness (QED) is 0.639. The molecule has 31 heavy (non-hydrogen) atoms. The molecule has 160 valence electrons. The van der Waals surface area contributed by atoms with Crippen molar-refractivity contribution in [1.29, 1.82) is 0 Å². The van der Waals surface area contributed by atoms with Crippen molar-refractivity contribution in [1.82, 2.24) is 4.98 Å². The van der Waals surface area contributed by atoms with Crippen molar-refractivity contribution < 1.29 is 19.0 Å². The molecule has 1 aliphatic rings. The van der Waals surface area contributed by atoms with Gasteiger partial charge in [0.2, 0.25) is 0 Å². The lowest BCUT2D eigenvalue weighted by Gasteiger charge is -2.40. The molecule has 3 aromatic rings. The number of halogens is 1. The number of hydrogen-bond acceptors (Lipinski definition) is 4. The number of aryl methyl sites for hydroxylation is 1. The van der Waals surface area contributed by atoms with Crippen LogP contribution in [-0.2, 0) is 27.0 Å². The molecule has 0 aliphatic carbocycles. The molecule has 4 nitrogen and oxygen atoms in total. The Kier molecular flexibility index (Phi) is 5.50. The Labute approximate surface area is 181 Å². The smallest absolute Gasteiger partial charge is 0.152 e. The Balaban J connectivity index is 1.63. The molecular weight excluding hydrogens is 393 g/mol. The maximum atomic E-state index is 13.2. The summed E-state index contributed by atoms with van der Waals surface area (Å²) in [5.74, 6) is -0.257. The second kappa shape index (κ2) is 7.98. The molecule has 1 N–H and O–H groups in total. The summed E-state index contributed by atoms with van der Waals surface area (Å²) >= 11 is 0. The lowest BCUT2D eigenvalue weighted by atomic mass is 9.73. The molecule has 0 saturated carbocycles. The number of rotatable bonds is 6. The van der Waals surface area contributed by atoms with E-state index in [1.807, 2.05) is 37.3 Å². The van der Waals surface area contributed by atoms with Crippen LogP contribution in [0, 0.1) is 12.7 Å². The number of aliphatic hydroxyl groups is 1. The Hall–Kier alpha value is -2.89. The average Bonchev–Trinajstić information content (AvgIpc) is 2.69. The van der Waals surface area contributed by atoms with Crippen LogP contribution >= 0.6 is 0 Å². The topological polar surface area (TPSA) is 59.4 Å². The van der Waals surface area contributed by atoms with Gasteiger partial charge >= 0.3 is 0 Å². The molecule has 2 heterocycles. The fourth-order valence-corrected chi connectivity index (χ4v) is 3.96. The first-order valence-electron chi connectivity index (χ1n) is 10.3. The van der Waals surface area contributed by atoms with Crippen LogP contribution in [0.15, 0.2) is 60.8 Å². The summed E-state index contributed by atoms with van der Waals surface area (Å²) in [6.45, 7) is 6.11. The van der Waals surface area contributed by atoms with Gasteiger partial charge in [-0.25, -0.2) is 4.39 Å². The monoisotopic (exact) mass is 419 g/mol. The Morgan fingerprint density at radius 1 is 1.13 bits per heavy atom. The molecule has 0 amide bonds. The zero-order valence-electron chi connectivity index (χ0n) is 18.0. The molecule has 1 fully saturated rings. The van der Waals surface area contributed by atoms with Gasteiger partial charge in [0.25, 0.3) is 0 Å². The number of ether oxygens (including phenoxy) is 1. The van der Waals surface area contributed by atoms with Crippen molar-refractivity contribution >= 4 is 5.78 Å². The summed E-state index contributed by atoms with van der Waals surface area (Å²) in [7, 11) is 0. The molecule has 5 heteroatoms. The van der Waals surface area contributed by atoms with Crippen molar-refractivity contribution in [3.63, 3.8) is 0 Å². The minimum absolute atomic E-state index is 0.0590. The molecule has 0 atom stereocenters. The fraction of sp³-hybridized carbons (Fsp3) is 0.308. The van der Waals surface area contributed by atoms with Gasteiger partial charge in [-0.15, -0.1) is 0 Å². The SMILES string of the molecule is Cc1cnc(-c2ccc(C3(C(=O)Cc4ccc(F)cc4)COC3)cc2)c(C(C)(C)O)c1. The van der Waals surface area contributed by atoms with E-state index in [2.05, 4.69) is 4.98 Å². The summed E-state index contributed by atoms with van der Waals surface area (Å²) in [6.07, 6.45) is 2.01. The largest absolute Gasteiger partial charge is 0.386 e. The Bertz CT molecular complexity index is 1090. The van der Waals surface area contributed by atoms with E-state index in [1.165, 1.54) is 12.1 Å².